The van der Waals surface area contributed by atoms with Gasteiger partial charge in [-0.25, -0.2) is 9.97 Å². The van der Waals surface area contributed by atoms with Crippen LogP contribution in [0, 0.1) is 11.3 Å². The van der Waals surface area contributed by atoms with Gasteiger partial charge < -0.3 is 10.6 Å². The number of aromatic nitrogens is 2. The van der Waals surface area contributed by atoms with Gasteiger partial charge in [-0.2, -0.15) is 5.26 Å². The van der Waals surface area contributed by atoms with Crippen molar-refractivity contribution in [2.45, 2.75) is 26.3 Å². The number of nitrogen functional groups attached to an aromatic ring is 1. The highest BCUT2D eigenvalue weighted by Crippen LogP contribution is 2.19. The quantitative estimate of drug-likeness (QED) is 0.932. The van der Waals surface area contributed by atoms with E-state index in [1.165, 1.54) is 0 Å². The molecule has 5 nitrogen and oxygen atoms in total. The Kier molecular flexibility index (Phi) is 4.39. The van der Waals surface area contributed by atoms with Crippen molar-refractivity contribution in [3.8, 4) is 6.07 Å². The fraction of sp³-hybridized carbons (Fsp3) is 0.312. The van der Waals surface area contributed by atoms with E-state index in [0.717, 1.165) is 17.2 Å². The van der Waals surface area contributed by atoms with Gasteiger partial charge in [0.1, 0.15) is 17.5 Å². The number of rotatable bonds is 4. The van der Waals surface area contributed by atoms with Crippen LogP contribution in [-0.4, -0.2) is 17.0 Å². The maximum atomic E-state index is 8.95. The molecule has 5 heteroatoms. The molecule has 21 heavy (non-hydrogen) atoms. The van der Waals surface area contributed by atoms with Gasteiger partial charge in [0, 0.05) is 25.6 Å². The number of benzene rings is 1. The average molecular weight is 281 g/mol. The van der Waals surface area contributed by atoms with Crippen molar-refractivity contribution < 1.29 is 0 Å². The predicted molar refractivity (Wildman–Crippen MR) is 83.8 cm³/mol. The minimum Gasteiger partial charge on any atom is -0.384 e. The van der Waals surface area contributed by atoms with E-state index in [2.05, 4.69) is 16.0 Å². The molecule has 0 radical (unpaired) electrons. The molecule has 0 amide bonds. The summed E-state index contributed by atoms with van der Waals surface area (Å²) < 4.78 is 0. The SMILES string of the molecule is CC(C)c1nc(N)cc(N(C)Cc2cccc(C#N)c2)n1. The fourth-order valence-corrected chi connectivity index (χ4v) is 2.02. The van der Waals surface area contributed by atoms with Crippen LogP contribution in [0.25, 0.3) is 0 Å². The molecule has 0 aliphatic heterocycles. The van der Waals surface area contributed by atoms with Crippen molar-refractivity contribution in [3.05, 3.63) is 47.3 Å². The number of nitriles is 1. The van der Waals surface area contributed by atoms with Crippen LogP contribution < -0.4 is 10.6 Å². The van der Waals surface area contributed by atoms with Crippen LogP contribution in [0.1, 0.15) is 36.7 Å². The third-order valence-electron chi connectivity index (χ3n) is 3.13. The summed E-state index contributed by atoms with van der Waals surface area (Å²) >= 11 is 0. The Morgan fingerprint density at radius 2 is 2.05 bits per heavy atom. The molecule has 2 aromatic rings. The summed E-state index contributed by atoms with van der Waals surface area (Å²) in [5, 5.41) is 8.95. The van der Waals surface area contributed by atoms with Crippen molar-refractivity contribution in [2.75, 3.05) is 17.7 Å². The van der Waals surface area contributed by atoms with E-state index in [0.29, 0.717) is 17.9 Å². The molecular formula is C16H19N5. The Balaban J connectivity index is 2.23. The van der Waals surface area contributed by atoms with E-state index in [9.17, 15) is 0 Å². The Morgan fingerprint density at radius 3 is 2.71 bits per heavy atom. The van der Waals surface area contributed by atoms with Crippen LogP contribution in [0.3, 0.4) is 0 Å². The molecule has 1 aromatic carbocycles. The van der Waals surface area contributed by atoms with Gasteiger partial charge in [-0.1, -0.05) is 26.0 Å². The van der Waals surface area contributed by atoms with Crippen molar-refractivity contribution in [1.29, 1.82) is 5.26 Å². The molecule has 0 saturated heterocycles. The zero-order chi connectivity index (χ0) is 15.4. The van der Waals surface area contributed by atoms with Gasteiger partial charge in [0.25, 0.3) is 0 Å². The maximum Gasteiger partial charge on any atom is 0.135 e. The zero-order valence-corrected chi connectivity index (χ0v) is 12.5. The fourth-order valence-electron chi connectivity index (χ4n) is 2.02. The van der Waals surface area contributed by atoms with E-state index in [-0.39, 0.29) is 5.92 Å². The molecule has 1 aromatic heterocycles. The maximum absolute atomic E-state index is 8.95. The molecule has 0 aliphatic carbocycles. The number of hydrogen-bond acceptors (Lipinski definition) is 5. The monoisotopic (exact) mass is 281 g/mol. The van der Waals surface area contributed by atoms with Gasteiger partial charge in [-0.15, -0.1) is 0 Å². The highest BCUT2D eigenvalue weighted by atomic mass is 15.2. The van der Waals surface area contributed by atoms with Gasteiger partial charge in [-0.3, -0.25) is 0 Å². The van der Waals surface area contributed by atoms with Crippen LogP contribution in [0.2, 0.25) is 0 Å². The second-order valence-electron chi connectivity index (χ2n) is 5.33. The van der Waals surface area contributed by atoms with E-state index in [1.807, 2.05) is 44.0 Å². The minimum atomic E-state index is 0.225. The number of hydrogen-bond donors (Lipinski definition) is 1. The molecule has 0 bridgehead atoms. The summed E-state index contributed by atoms with van der Waals surface area (Å²) in [6.07, 6.45) is 0. The van der Waals surface area contributed by atoms with Crippen LogP contribution in [-0.2, 0) is 6.54 Å². The topological polar surface area (TPSA) is 78.8 Å². The third kappa shape index (κ3) is 3.69. The first-order chi connectivity index (χ1) is 9.99. The van der Waals surface area contributed by atoms with Crippen LogP contribution >= 0.6 is 0 Å². The van der Waals surface area contributed by atoms with Crippen LogP contribution in [0.4, 0.5) is 11.6 Å². The molecule has 108 valence electrons. The van der Waals surface area contributed by atoms with E-state index in [4.69, 9.17) is 11.0 Å². The summed E-state index contributed by atoms with van der Waals surface area (Å²) in [4.78, 5) is 10.8. The lowest BCUT2D eigenvalue weighted by atomic mass is 10.1. The highest BCUT2D eigenvalue weighted by molar-refractivity contribution is 5.47. The largest absolute Gasteiger partial charge is 0.384 e. The van der Waals surface area contributed by atoms with Gasteiger partial charge in [0.05, 0.1) is 11.6 Å². The van der Waals surface area contributed by atoms with Crippen molar-refractivity contribution in [2.24, 2.45) is 0 Å². The summed E-state index contributed by atoms with van der Waals surface area (Å²) in [5.41, 5.74) is 7.57. The molecule has 1 heterocycles. The van der Waals surface area contributed by atoms with Gasteiger partial charge in [0.15, 0.2) is 0 Å². The zero-order valence-electron chi connectivity index (χ0n) is 12.5. The predicted octanol–water partition coefficient (Wildman–Crippen LogP) is 2.69. The molecule has 2 N–H and O–H groups in total. The lowest BCUT2D eigenvalue weighted by Crippen LogP contribution is -2.19. The molecule has 0 aliphatic rings. The normalized spacial score (nSPS) is 10.4. The highest BCUT2D eigenvalue weighted by Gasteiger charge is 2.10. The summed E-state index contributed by atoms with van der Waals surface area (Å²) in [6.45, 7) is 4.73. The summed E-state index contributed by atoms with van der Waals surface area (Å²) in [5.74, 6) is 2.22. The minimum absolute atomic E-state index is 0.225. The first-order valence-corrected chi connectivity index (χ1v) is 6.84. The number of nitrogens with two attached hydrogens (primary N) is 1. The molecule has 0 saturated carbocycles. The number of nitrogens with zero attached hydrogens (tertiary/aromatic N) is 4. The Hall–Kier alpha value is -2.61. The smallest absolute Gasteiger partial charge is 0.135 e. The molecule has 0 fully saturated rings. The molecular weight excluding hydrogens is 262 g/mol. The van der Waals surface area contributed by atoms with Crippen LogP contribution in [0.15, 0.2) is 30.3 Å². The summed E-state index contributed by atoms with van der Waals surface area (Å²) in [6, 6.07) is 11.5. The molecule has 2 rings (SSSR count). The van der Waals surface area contributed by atoms with Crippen molar-refractivity contribution >= 4 is 11.6 Å². The Morgan fingerprint density at radius 1 is 1.29 bits per heavy atom. The Labute approximate surface area is 125 Å². The van der Waals surface area contributed by atoms with Gasteiger partial charge in [-0.05, 0) is 17.7 Å². The van der Waals surface area contributed by atoms with E-state index >= 15 is 0 Å². The number of anilines is 2. The first-order valence-electron chi connectivity index (χ1n) is 6.84. The molecule has 0 spiro atoms. The summed E-state index contributed by atoms with van der Waals surface area (Å²) in [7, 11) is 1.95. The second-order valence-corrected chi connectivity index (χ2v) is 5.33. The van der Waals surface area contributed by atoms with Crippen LogP contribution in [0.5, 0.6) is 0 Å². The average Bonchev–Trinajstić information content (AvgIpc) is 2.46. The van der Waals surface area contributed by atoms with Gasteiger partial charge >= 0.3 is 0 Å². The lowest BCUT2D eigenvalue weighted by Gasteiger charge is -2.20. The van der Waals surface area contributed by atoms with Gasteiger partial charge in [0.2, 0.25) is 0 Å². The molecule has 0 atom stereocenters. The van der Waals surface area contributed by atoms with Crippen molar-refractivity contribution in [1.82, 2.24) is 9.97 Å². The lowest BCUT2D eigenvalue weighted by molar-refractivity contribution is 0.765. The molecule has 0 unspecified atom stereocenters. The standard InChI is InChI=1S/C16H19N5/c1-11(2)16-19-14(18)8-15(20-16)21(3)10-13-6-4-5-12(7-13)9-17/h4-8,11H,10H2,1-3H3,(H2,18,19,20). The van der Waals surface area contributed by atoms with E-state index in [1.54, 1.807) is 12.1 Å². The second kappa shape index (κ2) is 6.23. The van der Waals surface area contributed by atoms with E-state index < -0.39 is 0 Å². The van der Waals surface area contributed by atoms with Crippen molar-refractivity contribution in [3.63, 3.8) is 0 Å². The Bertz CT molecular complexity index is 673. The third-order valence-corrected chi connectivity index (χ3v) is 3.13. The first kappa shape index (κ1) is 14.8.